The van der Waals surface area contributed by atoms with Crippen LogP contribution in [0.1, 0.15) is 12.5 Å². The van der Waals surface area contributed by atoms with Crippen molar-refractivity contribution >= 4 is 17.3 Å². The van der Waals surface area contributed by atoms with Crippen LogP contribution in [0.5, 0.6) is 5.75 Å². The van der Waals surface area contributed by atoms with Crippen molar-refractivity contribution in [1.29, 1.82) is 0 Å². The number of benzene rings is 1. The second-order valence-electron chi connectivity index (χ2n) is 5.03. The molecule has 1 aromatic carbocycles. The number of halogens is 1. The van der Waals surface area contributed by atoms with Crippen molar-refractivity contribution in [3.8, 4) is 5.75 Å². The van der Waals surface area contributed by atoms with Gasteiger partial charge in [-0.25, -0.2) is 0 Å². The Hall–Kier alpha value is -0.970. The van der Waals surface area contributed by atoms with Crippen molar-refractivity contribution in [3.05, 3.63) is 23.8 Å². The van der Waals surface area contributed by atoms with E-state index in [4.69, 9.17) is 21.1 Å². The second-order valence-corrected chi connectivity index (χ2v) is 5.29. The molecule has 5 heteroatoms. The first-order valence-corrected chi connectivity index (χ1v) is 7.62. The Labute approximate surface area is 126 Å². The number of nitrogens with one attached hydrogen (secondary N) is 1. The number of ether oxygens (including phenoxy) is 2. The van der Waals surface area contributed by atoms with Crippen molar-refractivity contribution in [1.82, 2.24) is 4.90 Å². The first-order chi connectivity index (χ1) is 9.72. The number of hydrogen-bond donors (Lipinski definition) is 1. The predicted molar refractivity (Wildman–Crippen MR) is 82.9 cm³/mol. The van der Waals surface area contributed by atoms with Crippen molar-refractivity contribution in [3.63, 3.8) is 0 Å². The van der Waals surface area contributed by atoms with E-state index >= 15 is 0 Å². The lowest BCUT2D eigenvalue weighted by molar-refractivity contribution is -0.0117. The van der Waals surface area contributed by atoms with Crippen LogP contribution < -0.4 is 10.1 Å². The number of rotatable bonds is 6. The maximum Gasteiger partial charge on any atom is 0.123 e. The van der Waals surface area contributed by atoms with Gasteiger partial charge in [-0.15, -0.1) is 11.6 Å². The highest BCUT2D eigenvalue weighted by atomic mass is 35.5. The molecule has 1 N–H and O–H groups in total. The van der Waals surface area contributed by atoms with Crippen LogP contribution in [-0.4, -0.2) is 50.9 Å². The Balaban J connectivity index is 1.92. The van der Waals surface area contributed by atoms with Crippen LogP contribution in [0.2, 0.25) is 0 Å². The average Bonchev–Trinajstić information content (AvgIpc) is 2.46. The molecule has 1 heterocycles. The maximum atomic E-state index is 5.97. The number of anilines is 1. The van der Waals surface area contributed by atoms with E-state index in [0.29, 0.717) is 12.5 Å². The average molecular weight is 299 g/mol. The molecule has 1 aliphatic heterocycles. The molecule has 0 spiro atoms. The summed E-state index contributed by atoms with van der Waals surface area (Å²) in [5.74, 6) is 1.31. The monoisotopic (exact) mass is 298 g/mol. The van der Waals surface area contributed by atoms with Gasteiger partial charge in [0.1, 0.15) is 5.75 Å². The molecule has 1 unspecified atom stereocenters. The Morgan fingerprint density at radius 1 is 1.50 bits per heavy atom. The molecule has 1 aromatic rings. The molecule has 0 saturated carbocycles. The summed E-state index contributed by atoms with van der Waals surface area (Å²) in [5.41, 5.74) is 2.07. The molecule has 0 bridgehead atoms. The van der Waals surface area contributed by atoms with E-state index in [-0.39, 0.29) is 6.10 Å². The molecule has 1 atom stereocenters. The fourth-order valence-corrected chi connectivity index (χ4v) is 2.52. The summed E-state index contributed by atoms with van der Waals surface area (Å²) >= 11 is 5.97. The predicted octanol–water partition coefficient (Wildman–Crippen LogP) is 2.57. The van der Waals surface area contributed by atoms with E-state index in [2.05, 4.69) is 17.3 Å². The number of nitrogens with zero attached hydrogens (tertiary/aromatic N) is 1. The van der Waals surface area contributed by atoms with Crippen LogP contribution in [-0.2, 0) is 10.6 Å². The number of alkyl halides is 1. The van der Waals surface area contributed by atoms with E-state index in [1.165, 1.54) is 0 Å². The van der Waals surface area contributed by atoms with Gasteiger partial charge in [-0.3, -0.25) is 0 Å². The number of likely N-dealkylation sites (N-methyl/N-ethyl adjacent to an activating group) is 1. The highest BCUT2D eigenvalue weighted by Crippen LogP contribution is 2.24. The Morgan fingerprint density at radius 2 is 2.35 bits per heavy atom. The molecule has 1 fully saturated rings. The smallest absolute Gasteiger partial charge is 0.123 e. The lowest BCUT2D eigenvalue weighted by Gasteiger charge is -2.30. The van der Waals surface area contributed by atoms with E-state index < -0.39 is 0 Å². The molecule has 0 amide bonds. The van der Waals surface area contributed by atoms with E-state index in [1.54, 1.807) is 0 Å². The van der Waals surface area contributed by atoms with Crippen molar-refractivity contribution < 1.29 is 9.47 Å². The zero-order valence-electron chi connectivity index (χ0n) is 12.2. The summed E-state index contributed by atoms with van der Waals surface area (Å²) in [4.78, 5) is 2.29. The highest BCUT2D eigenvalue weighted by Gasteiger charge is 2.17. The Kier molecular flexibility index (Phi) is 5.95. The van der Waals surface area contributed by atoms with E-state index in [1.807, 2.05) is 25.1 Å². The summed E-state index contributed by atoms with van der Waals surface area (Å²) in [6, 6.07) is 6.04. The molecular weight excluding hydrogens is 276 g/mol. The largest absolute Gasteiger partial charge is 0.494 e. The molecule has 1 saturated heterocycles. The molecule has 0 aliphatic carbocycles. The SMILES string of the molecule is CCOc1ccc(NCC2CN(C)CCO2)cc1CCl. The van der Waals surface area contributed by atoms with Gasteiger partial charge in [0.05, 0.1) is 25.2 Å². The van der Waals surface area contributed by atoms with E-state index in [0.717, 1.165) is 43.2 Å². The molecule has 2 rings (SSSR count). The number of hydrogen-bond acceptors (Lipinski definition) is 4. The minimum atomic E-state index is 0.236. The molecule has 1 aliphatic rings. The molecule has 0 aromatic heterocycles. The third kappa shape index (κ3) is 4.27. The van der Waals surface area contributed by atoms with Crippen LogP contribution in [0.25, 0.3) is 0 Å². The molecule has 0 radical (unpaired) electrons. The van der Waals surface area contributed by atoms with Gasteiger partial charge < -0.3 is 19.7 Å². The van der Waals surface area contributed by atoms with Gasteiger partial charge in [-0.05, 0) is 32.2 Å². The molecule has 112 valence electrons. The standard InChI is InChI=1S/C15H23ClN2O2/c1-3-19-15-5-4-13(8-12(15)9-16)17-10-14-11-18(2)6-7-20-14/h4-5,8,14,17H,3,6-7,9-11H2,1-2H3. The van der Waals surface area contributed by atoms with Gasteiger partial charge >= 0.3 is 0 Å². The molecule has 4 nitrogen and oxygen atoms in total. The maximum absolute atomic E-state index is 5.97. The summed E-state index contributed by atoms with van der Waals surface area (Å²) in [6.45, 7) is 6.21. The summed E-state index contributed by atoms with van der Waals surface area (Å²) < 4.78 is 11.3. The normalized spacial score (nSPS) is 19.9. The third-order valence-corrected chi connectivity index (χ3v) is 3.67. The zero-order chi connectivity index (χ0) is 14.4. The fourth-order valence-electron chi connectivity index (χ4n) is 2.31. The lowest BCUT2D eigenvalue weighted by Crippen LogP contribution is -2.43. The van der Waals surface area contributed by atoms with Crippen LogP contribution in [0.3, 0.4) is 0 Å². The van der Waals surface area contributed by atoms with Crippen molar-refractivity contribution in [2.24, 2.45) is 0 Å². The minimum Gasteiger partial charge on any atom is -0.494 e. The van der Waals surface area contributed by atoms with Gasteiger partial charge in [0, 0.05) is 30.9 Å². The summed E-state index contributed by atoms with van der Waals surface area (Å²) in [5, 5.41) is 3.41. The molecular formula is C15H23ClN2O2. The van der Waals surface area contributed by atoms with Gasteiger partial charge in [-0.1, -0.05) is 0 Å². The zero-order valence-corrected chi connectivity index (χ0v) is 12.9. The van der Waals surface area contributed by atoms with Gasteiger partial charge in [0.2, 0.25) is 0 Å². The van der Waals surface area contributed by atoms with E-state index in [9.17, 15) is 0 Å². The van der Waals surface area contributed by atoms with Crippen molar-refractivity contribution in [2.45, 2.75) is 18.9 Å². The second kappa shape index (κ2) is 7.72. The third-order valence-electron chi connectivity index (χ3n) is 3.38. The van der Waals surface area contributed by atoms with Crippen LogP contribution in [0.4, 0.5) is 5.69 Å². The minimum absolute atomic E-state index is 0.236. The van der Waals surface area contributed by atoms with Crippen LogP contribution in [0.15, 0.2) is 18.2 Å². The van der Waals surface area contributed by atoms with Gasteiger partial charge in [0.25, 0.3) is 0 Å². The van der Waals surface area contributed by atoms with Crippen molar-refractivity contribution in [2.75, 3.05) is 45.2 Å². The first-order valence-electron chi connectivity index (χ1n) is 7.08. The van der Waals surface area contributed by atoms with Gasteiger partial charge in [0.15, 0.2) is 0 Å². The molecule has 20 heavy (non-hydrogen) atoms. The van der Waals surface area contributed by atoms with Crippen LogP contribution in [0, 0.1) is 0 Å². The van der Waals surface area contributed by atoms with Crippen LogP contribution >= 0.6 is 11.6 Å². The lowest BCUT2D eigenvalue weighted by atomic mass is 10.2. The summed E-state index contributed by atoms with van der Waals surface area (Å²) in [7, 11) is 2.12. The Morgan fingerprint density at radius 3 is 3.05 bits per heavy atom. The highest BCUT2D eigenvalue weighted by molar-refractivity contribution is 6.17. The number of morpholine rings is 1. The topological polar surface area (TPSA) is 33.7 Å². The fraction of sp³-hybridized carbons (Fsp3) is 0.600. The van der Waals surface area contributed by atoms with Gasteiger partial charge in [-0.2, -0.15) is 0 Å². The quantitative estimate of drug-likeness (QED) is 0.819. The Bertz CT molecular complexity index is 428. The summed E-state index contributed by atoms with van der Waals surface area (Å²) in [6.07, 6.45) is 0.236. The first kappa shape index (κ1) is 15.4.